The number of halogens is 1. The van der Waals surface area contributed by atoms with Crippen LogP contribution in [0.3, 0.4) is 0 Å². The maximum atomic E-state index is 14.0. The van der Waals surface area contributed by atoms with Crippen molar-refractivity contribution in [3.05, 3.63) is 59.9 Å². The number of ether oxygens (including phenoxy) is 2. The summed E-state index contributed by atoms with van der Waals surface area (Å²) in [5.74, 6) is 1.41. The molecule has 0 amide bonds. The number of benzene rings is 1. The minimum atomic E-state index is -0.196. The van der Waals surface area contributed by atoms with Gasteiger partial charge in [-0.2, -0.15) is 4.98 Å². The number of pyridine rings is 1. The molecule has 8 heteroatoms. The van der Waals surface area contributed by atoms with E-state index in [2.05, 4.69) is 20.0 Å². The molecule has 1 atom stereocenters. The molecule has 4 rings (SSSR count). The van der Waals surface area contributed by atoms with E-state index in [1.807, 2.05) is 12.1 Å². The summed E-state index contributed by atoms with van der Waals surface area (Å²) in [4.78, 5) is 11.0. The lowest BCUT2D eigenvalue weighted by Crippen LogP contribution is -2.23. The van der Waals surface area contributed by atoms with E-state index in [1.54, 1.807) is 31.5 Å². The zero-order valence-corrected chi connectivity index (χ0v) is 16.3. The Hall–Kier alpha value is -2.84. The molecule has 0 aliphatic carbocycles. The van der Waals surface area contributed by atoms with E-state index in [1.165, 1.54) is 6.07 Å². The molecule has 2 aromatic heterocycles. The number of rotatable bonds is 8. The van der Waals surface area contributed by atoms with E-state index in [-0.39, 0.29) is 11.9 Å². The minimum absolute atomic E-state index is 0.0306. The highest BCUT2D eigenvalue weighted by molar-refractivity contribution is 5.50. The van der Waals surface area contributed by atoms with Crippen LogP contribution in [0.5, 0.6) is 5.75 Å². The SMILES string of the molecule is COCCOc1ccnc(-c2noc([C@@H]3CCCN3Cc3ccccc3F)n2)c1. The van der Waals surface area contributed by atoms with Crippen LogP contribution in [0.25, 0.3) is 11.5 Å². The first-order valence-corrected chi connectivity index (χ1v) is 9.64. The van der Waals surface area contributed by atoms with Crippen LogP contribution < -0.4 is 4.74 Å². The lowest BCUT2D eigenvalue weighted by molar-refractivity contribution is 0.146. The summed E-state index contributed by atoms with van der Waals surface area (Å²) in [7, 11) is 1.63. The van der Waals surface area contributed by atoms with Gasteiger partial charge >= 0.3 is 0 Å². The van der Waals surface area contributed by atoms with Gasteiger partial charge < -0.3 is 14.0 Å². The monoisotopic (exact) mass is 398 g/mol. The van der Waals surface area contributed by atoms with Crippen LogP contribution in [-0.4, -0.2) is 46.9 Å². The van der Waals surface area contributed by atoms with Crippen LogP contribution in [0.2, 0.25) is 0 Å². The second-order valence-corrected chi connectivity index (χ2v) is 6.89. The number of hydrogen-bond donors (Lipinski definition) is 0. The first kappa shape index (κ1) is 19.5. The summed E-state index contributed by atoms with van der Waals surface area (Å²) in [6.45, 7) is 2.32. The normalized spacial score (nSPS) is 17.0. The lowest BCUT2D eigenvalue weighted by atomic mass is 10.1. The molecule has 0 N–H and O–H groups in total. The maximum absolute atomic E-state index is 14.0. The topological polar surface area (TPSA) is 73.5 Å². The molecule has 1 aromatic carbocycles. The molecule has 3 aromatic rings. The predicted molar refractivity (Wildman–Crippen MR) is 104 cm³/mol. The fraction of sp³-hybridized carbons (Fsp3) is 0.381. The van der Waals surface area contributed by atoms with Gasteiger partial charge in [-0.1, -0.05) is 23.4 Å². The van der Waals surface area contributed by atoms with Gasteiger partial charge in [0.15, 0.2) is 0 Å². The van der Waals surface area contributed by atoms with E-state index >= 15 is 0 Å². The molecular formula is C21H23FN4O3. The van der Waals surface area contributed by atoms with Gasteiger partial charge in [0.25, 0.3) is 0 Å². The third kappa shape index (κ3) is 4.60. The lowest BCUT2D eigenvalue weighted by Gasteiger charge is -2.21. The summed E-state index contributed by atoms with van der Waals surface area (Å²) < 4.78 is 30.2. The Balaban J connectivity index is 1.48. The molecule has 29 heavy (non-hydrogen) atoms. The Labute approximate surface area is 168 Å². The van der Waals surface area contributed by atoms with Crippen LogP contribution in [-0.2, 0) is 11.3 Å². The van der Waals surface area contributed by atoms with Gasteiger partial charge in [0.1, 0.15) is 23.9 Å². The van der Waals surface area contributed by atoms with Crippen LogP contribution in [0.15, 0.2) is 47.1 Å². The molecule has 1 aliphatic heterocycles. The highest BCUT2D eigenvalue weighted by Crippen LogP contribution is 2.33. The van der Waals surface area contributed by atoms with Crippen molar-refractivity contribution in [3.63, 3.8) is 0 Å². The van der Waals surface area contributed by atoms with Crippen molar-refractivity contribution >= 4 is 0 Å². The number of likely N-dealkylation sites (tertiary alicyclic amines) is 1. The molecule has 7 nitrogen and oxygen atoms in total. The first-order valence-electron chi connectivity index (χ1n) is 9.64. The van der Waals surface area contributed by atoms with Gasteiger partial charge in [0, 0.05) is 31.5 Å². The average Bonchev–Trinajstić information content (AvgIpc) is 3.40. The summed E-state index contributed by atoms with van der Waals surface area (Å²) in [5, 5.41) is 4.10. The molecular weight excluding hydrogens is 375 g/mol. The van der Waals surface area contributed by atoms with Gasteiger partial charge in [-0.25, -0.2) is 4.39 Å². The van der Waals surface area contributed by atoms with E-state index in [9.17, 15) is 4.39 Å². The van der Waals surface area contributed by atoms with Gasteiger partial charge in [0.05, 0.1) is 12.6 Å². The van der Waals surface area contributed by atoms with Crippen LogP contribution >= 0.6 is 0 Å². The second kappa shape index (κ2) is 9.11. The van der Waals surface area contributed by atoms with Crippen LogP contribution in [0.4, 0.5) is 4.39 Å². The van der Waals surface area contributed by atoms with E-state index in [4.69, 9.17) is 14.0 Å². The van der Waals surface area contributed by atoms with Crippen molar-refractivity contribution < 1.29 is 18.4 Å². The summed E-state index contributed by atoms with van der Waals surface area (Å²) >= 11 is 0. The third-order valence-corrected chi connectivity index (χ3v) is 4.94. The number of hydrogen-bond acceptors (Lipinski definition) is 7. The fourth-order valence-electron chi connectivity index (χ4n) is 3.48. The summed E-state index contributed by atoms with van der Waals surface area (Å²) in [6, 6.07) is 10.4. The third-order valence-electron chi connectivity index (χ3n) is 4.94. The Bertz CT molecular complexity index is 949. The van der Waals surface area contributed by atoms with E-state index < -0.39 is 0 Å². The van der Waals surface area contributed by atoms with Crippen molar-refractivity contribution in [2.45, 2.75) is 25.4 Å². The van der Waals surface area contributed by atoms with Crippen molar-refractivity contribution in [1.29, 1.82) is 0 Å². The number of methoxy groups -OCH3 is 1. The molecule has 0 unspecified atom stereocenters. The Kier molecular flexibility index (Phi) is 6.12. The van der Waals surface area contributed by atoms with Crippen LogP contribution in [0, 0.1) is 5.82 Å². The maximum Gasteiger partial charge on any atom is 0.244 e. The van der Waals surface area contributed by atoms with Gasteiger partial charge in [-0.3, -0.25) is 9.88 Å². The first-order chi connectivity index (χ1) is 14.2. The Morgan fingerprint density at radius 1 is 1.24 bits per heavy atom. The Morgan fingerprint density at radius 2 is 2.14 bits per heavy atom. The van der Waals surface area contributed by atoms with Crippen molar-refractivity contribution in [2.75, 3.05) is 26.9 Å². The molecule has 0 saturated carbocycles. The Morgan fingerprint density at radius 3 is 3.00 bits per heavy atom. The second-order valence-electron chi connectivity index (χ2n) is 6.89. The van der Waals surface area contributed by atoms with Crippen molar-refractivity contribution in [2.24, 2.45) is 0 Å². The molecule has 1 aliphatic rings. The fourth-order valence-corrected chi connectivity index (χ4v) is 3.48. The summed E-state index contributed by atoms with van der Waals surface area (Å²) in [5.41, 5.74) is 1.25. The average molecular weight is 398 g/mol. The highest BCUT2D eigenvalue weighted by Gasteiger charge is 2.31. The van der Waals surface area contributed by atoms with Crippen molar-refractivity contribution in [3.8, 4) is 17.3 Å². The van der Waals surface area contributed by atoms with Gasteiger partial charge in [0.2, 0.25) is 11.7 Å². The molecule has 1 fully saturated rings. The zero-order chi connectivity index (χ0) is 20.1. The largest absolute Gasteiger partial charge is 0.491 e. The van der Waals surface area contributed by atoms with Gasteiger partial charge in [-0.15, -0.1) is 0 Å². The standard InChI is InChI=1S/C21H23FN4O3/c1-27-11-12-28-16-8-9-23-18(13-16)20-24-21(29-25-20)19-7-4-10-26(19)14-15-5-2-3-6-17(15)22/h2-3,5-6,8-9,13,19H,4,7,10-12,14H2,1H3/t19-/m0/s1. The quantitative estimate of drug-likeness (QED) is 0.537. The summed E-state index contributed by atoms with van der Waals surface area (Å²) in [6.07, 6.45) is 3.54. The smallest absolute Gasteiger partial charge is 0.244 e. The molecule has 152 valence electrons. The molecule has 0 bridgehead atoms. The highest BCUT2D eigenvalue weighted by atomic mass is 19.1. The predicted octanol–water partition coefficient (Wildman–Crippen LogP) is 3.63. The number of nitrogens with zero attached hydrogens (tertiary/aromatic N) is 4. The van der Waals surface area contributed by atoms with E-state index in [0.717, 1.165) is 19.4 Å². The molecule has 1 saturated heterocycles. The number of aromatic nitrogens is 3. The zero-order valence-electron chi connectivity index (χ0n) is 16.3. The molecule has 3 heterocycles. The minimum Gasteiger partial charge on any atom is -0.491 e. The van der Waals surface area contributed by atoms with E-state index in [0.29, 0.717) is 48.5 Å². The molecule has 0 spiro atoms. The van der Waals surface area contributed by atoms with Gasteiger partial charge in [-0.05, 0) is 31.5 Å². The molecule has 0 radical (unpaired) electrons. The van der Waals surface area contributed by atoms with Crippen molar-refractivity contribution in [1.82, 2.24) is 20.0 Å². The van der Waals surface area contributed by atoms with Crippen LogP contribution in [0.1, 0.15) is 30.3 Å².